The molecule has 0 aliphatic heterocycles. The quantitative estimate of drug-likeness (QED) is 0.586. The van der Waals surface area contributed by atoms with Crippen LogP contribution < -0.4 is 10.6 Å². The Bertz CT molecular complexity index is 868. The van der Waals surface area contributed by atoms with Crippen molar-refractivity contribution in [2.45, 2.75) is 6.42 Å². The maximum atomic E-state index is 12.0. The monoisotopic (exact) mass is 362 g/mol. The van der Waals surface area contributed by atoms with Gasteiger partial charge in [-0.3, -0.25) is 4.79 Å². The smallest absolute Gasteiger partial charge is 0.252 e. The molecule has 24 heavy (non-hydrogen) atoms. The van der Waals surface area contributed by atoms with Gasteiger partial charge >= 0.3 is 0 Å². The van der Waals surface area contributed by atoms with Crippen LogP contribution in [-0.2, 0) is 0 Å². The number of halogens is 1. The van der Waals surface area contributed by atoms with E-state index in [1.54, 1.807) is 0 Å². The number of hydrogen-bond donors (Lipinski definition) is 3. The van der Waals surface area contributed by atoms with Crippen LogP contribution in [0.3, 0.4) is 0 Å². The lowest BCUT2D eigenvalue weighted by Crippen LogP contribution is -2.26. The third-order valence-corrected chi connectivity index (χ3v) is 4.50. The van der Waals surface area contributed by atoms with Gasteiger partial charge in [0.2, 0.25) is 5.88 Å². The Morgan fingerprint density at radius 1 is 1.29 bits per heavy atom. The minimum absolute atomic E-state index is 0.0553. The fourth-order valence-corrected chi connectivity index (χ4v) is 3.09. The number of aromatic nitrogens is 2. The van der Waals surface area contributed by atoms with Gasteiger partial charge in [0.15, 0.2) is 0 Å². The topological polar surface area (TPSA) is 87.1 Å². The highest BCUT2D eigenvalue weighted by Crippen LogP contribution is 2.25. The number of rotatable bonds is 6. The Labute approximate surface area is 147 Å². The van der Waals surface area contributed by atoms with Crippen molar-refractivity contribution < 1.29 is 9.90 Å². The highest BCUT2D eigenvalue weighted by molar-refractivity contribution is 7.13. The average molecular weight is 363 g/mol. The van der Waals surface area contributed by atoms with E-state index in [1.807, 2.05) is 24.3 Å². The summed E-state index contributed by atoms with van der Waals surface area (Å²) in [7, 11) is 0. The number of carbonyl (C=O) groups excluding carboxylic acids is 1. The van der Waals surface area contributed by atoms with Crippen LogP contribution >= 0.6 is 23.1 Å². The predicted molar refractivity (Wildman–Crippen MR) is 96.0 cm³/mol. The first-order valence-corrected chi connectivity index (χ1v) is 8.51. The van der Waals surface area contributed by atoms with E-state index in [0.29, 0.717) is 18.7 Å². The van der Waals surface area contributed by atoms with Gasteiger partial charge in [-0.05, 0) is 36.2 Å². The third-order valence-electron chi connectivity index (χ3n) is 3.39. The first-order valence-electron chi connectivity index (χ1n) is 7.36. The zero-order valence-electron chi connectivity index (χ0n) is 12.6. The van der Waals surface area contributed by atoms with Crippen molar-refractivity contribution in [3.63, 3.8) is 0 Å². The van der Waals surface area contributed by atoms with Gasteiger partial charge in [-0.15, -0.1) is 0 Å². The van der Waals surface area contributed by atoms with Crippen LogP contribution in [0.5, 0.6) is 5.88 Å². The van der Waals surface area contributed by atoms with Crippen molar-refractivity contribution in [2.24, 2.45) is 0 Å². The molecule has 2 aromatic heterocycles. The van der Waals surface area contributed by atoms with Gasteiger partial charge in [-0.1, -0.05) is 23.7 Å². The molecule has 0 aliphatic carbocycles. The van der Waals surface area contributed by atoms with Crippen molar-refractivity contribution in [3.05, 3.63) is 47.1 Å². The maximum Gasteiger partial charge on any atom is 0.252 e. The molecule has 0 atom stereocenters. The summed E-state index contributed by atoms with van der Waals surface area (Å²) in [4.78, 5) is 15.6. The summed E-state index contributed by atoms with van der Waals surface area (Å²) in [6.45, 7) is 1.20. The fraction of sp³-hybridized carbons (Fsp3) is 0.188. The van der Waals surface area contributed by atoms with Gasteiger partial charge in [0.1, 0.15) is 10.8 Å². The van der Waals surface area contributed by atoms with Crippen LogP contribution in [0.25, 0.3) is 10.1 Å². The van der Waals surface area contributed by atoms with E-state index in [1.165, 1.54) is 23.8 Å². The predicted octanol–water partition coefficient (Wildman–Crippen LogP) is 3.28. The minimum atomic E-state index is -0.284. The second-order valence-electron chi connectivity index (χ2n) is 5.09. The molecule has 8 heteroatoms. The van der Waals surface area contributed by atoms with Crippen LogP contribution in [0.4, 0.5) is 5.82 Å². The summed E-state index contributed by atoms with van der Waals surface area (Å²) in [5.41, 5.74) is 0.316. The molecule has 0 spiro atoms. The third kappa shape index (κ3) is 3.74. The molecular formula is C16H15ClN4O2S. The molecule has 2 heterocycles. The zero-order chi connectivity index (χ0) is 16.9. The normalized spacial score (nSPS) is 10.7. The van der Waals surface area contributed by atoms with Crippen molar-refractivity contribution in [1.29, 1.82) is 0 Å². The average Bonchev–Trinajstić information content (AvgIpc) is 3.00. The number of aromatic hydroxyl groups is 1. The molecule has 0 bridgehead atoms. The van der Waals surface area contributed by atoms with Crippen molar-refractivity contribution >= 4 is 44.9 Å². The number of nitrogens with one attached hydrogen (secondary N) is 2. The Morgan fingerprint density at radius 3 is 2.96 bits per heavy atom. The lowest BCUT2D eigenvalue weighted by atomic mass is 10.2. The largest absolute Gasteiger partial charge is 0.492 e. The Balaban J connectivity index is 1.45. The molecule has 1 amide bonds. The molecule has 0 fully saturated rings. The van der Waals surface area contributed by atoms with Crippen molar-refractivity contribution in [3.8, 4) is 5.88 Å². The van der Waals surface area contributed by atoms with E-state index in [-0.39, 0.29) is 16.8 Å². The second kappa shape index (κ2) is 7.46. The molecule has 0 unspecified atom stereocenters. The molecule has 0 aliphatic rings. The van der Waals surface area contributed by atoms with Crippen LogP contribution in [0.2, 0.25) is 5.02 Å². The van der Waals surface area contributed by atoms with E-state index in [2.05, 4.69) is 20.0 Å². The molecule has 0 saturated heterocycles. The fourth-order valence-electron chi connectivity index (χ4n) is 2.17. The van der Waals surface area contributed by atoms with Gasteiger partial charge in [-0.25, -0.2) is 4.98 Å². The number of carbonyl (C=O) groups is 1. The minimum Gasteiger partial charge on any atom is -0.492 e. The van der Waals surface area contributed by atoms with Crippen molar-refractivity contribution in [2.75, 3.05) is 18.4 Å². The van der Waals surface area contributed by atoms with Crippen LogP contribution in [0.1, 0.15) is 16.8 Å². The van der Waals surface area contributed by atoms with Gasteiger partial charge in [-0.2, -0.15) is 4.37 Å². The van der Waals surface area contributed by atoms with Crippen LogP contribution in [0, 0.1) is 0 Å². The van der Waals surface area contributed by atoms with Crippen LogP contribution in [-0.4, -0.2) is 33.5 Å². The first-order chi connectivity index (χ1) is 11.6. The molecule has 3 aromatic rings. The van der Waals surface area contributed by atoms with Crippen molar-refractivity contribution in [1.82, 2.24) is 14.7 Å². The SMILES string of the molecule is O=C(NCCCNc1nsc2ccccc12)c1cnc(O)c(Cl)c1. The number of benzene rings is 1. The number of anilines is 1. The lowest BCUT2D eigenvalue weighted by Gasteiger charge is -2.07. The van der Waals surface area contributed by atoms with E-state index < -0.39 is 0 Å². The van der Waals surface area contributed by atoms with Gasteiger partial charge in [0.05, 0.1) is 10.3 Å². The highest BCUT2D eigenvalue weighted by Gasteiger charge is 2.09. The molecular weight excluding hydrogens is 348 g/mol. The van der Waals surface area contributed by atoms with Gasteiger partial charge < -0.3 is 15.7 Å². The first kappa shape index (κ1) is 16.5. The second-order valence-corrected chi connectivity index (χ2v) is 6.31. The molecule has 124 valence electrons. The molecule has 3 N–H and O–H groups in total. The summed E-state index contributed by atoms with van der Waals surface area (Å²) in [6.07, 6.45) is 2.03. The van der Waals surface area contributed by atoms with Crippen LogP contribution in [0.15, 0.2) is 36.5 Å². The van der Waals surface area contributed by atoms with E-state index in [4.69, 9.17) is 11.6 Å². The van der Waals surface area contributed by atoms with E-state index >= 15 is 0 Å². The summed E-state index contributed by atoms with van der Waals surface area (Å²) in [5.74, 6) is 0.313. The van der Waals surface area contributed by atoms with E-state index in [9.17, 15) is 9.90 Å². The summed E-state index contributed by atoms with van der Waals surface area (Å²) in [6, 6.07) is 9.43. The standard InChI is InChI=1S/C16H15ClN4O2S/c17-12-8-10(9-20-16(12)23)15(22)19-7-3-6-18-14-11-4-1-2-5-13(11)24-21-14/h1-2,4-5,8-9H,3,6-7H2,(H,18,21)(H,19,22)(H,20,23). The molecule has 0 saturated carbocycles. The molecule has 3 rings (SSSR count). The van der Waals surface area contributed by atoms with Gasteiger partial charge in [0, 0.05) is 24.7 Å². The summed E-state index contributed by atoms with van der Waals surface area (Å²) < 4.78 is 5.53. The Kier molecular flexibility index (Phi) is 5.12. The number of fused-ring (bicyclic) bond motifs is 1. The molecule has 1 aromatic carbocycles. The maximum absolute atomic E-state index is 12.0. The summed E-state index contributed by atoms with van der Waals surface area (Å²) >= 11 is 7.20. The Morgan fingerprint density at radius 2 is 2.12 bits per heavy atom. The van der Waals surface area contributed by atoms with E-state index in [0.717, 1.165) is 22.3 Å². The lowest BCUT2D eigenvalue weighted by molar-refractivity contribution is 0.0953. The zero-order valence-corrected chi connectivity index (χ0v) is 14.2. The number of nitrogens with zero attached hydrogens (tertiary/aromatic N) is 2. The highest BCUT2D eigenvalue weighted by atomic mass is 35.5. The molecule has 6 nitrogen and oxygen atoms in total. The Hall–Kier alpha value is -2.38. The number of hydrogen-bond acceptors (Lipinski definition) is 6. The van der Waals surface area contributed by atoms with Gasteiger partial charge in [0.25, 0.3) is 5.91 Å². The molecule has 0 radical (unpaired) electrons. The number of amides is 1. The summed E-state index contributed by atoms with van der Waals surface area (Å²) in [5, 5.41) is 16.5. The number of pyridine rings is 1.